The van der Waals surface area contributed by atoms with Gasteiger partial charge in [0, 0.05) is 11.1 Å². The predicted octanol–water partition coefficient (Wildman–Crippen LogP) is 1.88. The van der Waals surface area contributed by atoms with Crippen LogP contribution in [0.25, 0.3) is 10.8 Å². The molecule has 0 saturated heterocycles. The number of rotatable bonds is 4. The van der Waals surface area contributed by atoms with E-state index in [0.29, 0.717) is 6.73 Å². The highest BCUT2D eigenvalue weighted by Gasteiger charge is 2.00. The van der Waals surface area contributed by atoms with Gasteiger partial charge in [0.1, 0.15) is 21.4 Å². The first kappa shape index (κ1) is 13.6. The summed E-state index contributed by atoms with van der Waals surface area (Å²) < 4.78 is 5.65. The third-order valence-electron chi connectivity index (χ3n) is 3.29. The molecule has 4 radical (unpaired) electrons. The van der Waals surface area contributed by atoms with E-state index in [1.54, 1.807) is 0 Å². The molecule has 0 aliphatic heterocycles. The van der Waals surface area contributed by atoms with Gasteiger partial charge in [-0.1, -0.05) is 53.4 Å². The molecule has 0 fully saturated rings. The summed E-state index contributed by atoms with van der Waals surface area (Å²) in [7, 11) is 11.4. The van der Waals surface area contributed by atoms with E-state index in [1.165, 1.54) is 0 Å². The van der Waals surface area contributed by atoms with Crippen LogP contribution in [0, 0.1) is 0 Å². The van der Waals surface area contributed by atoms with E-state index in [9.17, 15) is 0 Å². The molecule has 0 amide bonds. The molecule has 98 valence electrons. The fourth-order valence-corrected chi connectivity index (χ4v) is 2.22. The molecule has 0 aliphatic carbocycles. The van der Waals surface area contributed by atoms with Crippen molar-refractivity contribution < 1.29 is 4.74 Å². The van der Waals surface area contributed by atoms with Crippen molar-refractivity contribution in [3.63, 3.8) is 0 Å². The number of anilines is 1. The van der Waals surface area contributed by atoms with Gasteiger partial charge in [0.15, 0.2) is 6.73 Å². The molecule has 0 heterocycles. The van der Waals surface area contributed by atoms with E-state index in [-0.39, 0.29) is 0 Å². The standard InChI is InChI=1S/C17H13B2NO/c18-13-4-7-15(8-5-13)21-11-20-17-3-1-2-12-10-14(19)6-9-16(12)17/h1-10,20H,11H2. The van der Waals surface area contributed by atoms with E-state index in [4.69, 9.17) is 20.4 Å². The third kappa shape index (κ3) is 3.22. The molecule has 3 aromatic carbocycles. The van der Waals surface area contributed by atoms with Gasteiger partial charge in [-0.25, -0.2) is 0 Å². The number of hydrogen-bond donors (Lipinski definition) is 1. The average Bonchev–Trinajstić information content (AvgIpc) is 2.49. The van der Waals surface area contributed by atoms with Crippen molar-refractivity contribution in [1.82, 2.24) is 0 Å². The van der Waals surface area contributed by atoms with Crippen molar-refractivity contribution in [2.45, 2.75) is 0 Å². The Kier molecular flexibility index (Phi) is 3.87. The maximum atomic E-state index is 5.81. The van der Waals surface area contributed by atoms with Gasteiger partial charge in [-0.3, -0.25) is 0 Å². The zero-order valence-electron chi connectivity index (χ0n) is 11.5. The second-order valence-corrected chi connectivity index (χ2v) is 4.82. The Hall–Kier alpha value is -2.35. The maximum Gasteiger partial charge on any atom is 0.159 e. The second kappa shape index (κ2) is 5.96. The topological polar surface area (TPSA) is 21.3 Å². The molecule has 0 unspecified atom stereocenters. The van der Waals surface area contributed by atoms with Gasteiger partial charge >= 0.3 is 0 Å². The Morgan fingerprint density at radius 1 is 0.857 bits per heavy atom. The van der Waals surface area contributed by atoms with Crippen LogP contribution in [-0.2, 0) is 0 Å². The smallest absolute Gasteiger partial charge is 0.159 e. The van der Waals surface area contributed by atoms with Crippen LogP contribution in [-0.4, -0.2) is 22.4 Å². The van der Waals surface area contributed by atoms with Crippen LogP contribution in [0.5, 0.6) is 5.75 Å². The van der Waals surface area contributed by atoms with Gasteiger partial charge in [-0.15, -0.1) is 0 Å². The lowest BCUT2D eigenvalue weighted by Gasteiger charge is -2.12. The number of nitrogens with one attached hydrogen (secondary N) is 1. The van der Waals surface area contributed by atoms with Crippen LogP contribution in [0.15, 0.2) is 60.7 Å². The first-order valence-electron chi connectivity index (χ1n) is 6.73. The number of ether oxygens (including phenoxy) is 1. The second-order valence-electron chi connectivity index (χ2n) is 4.82. The highest BCUT2D eigenvalue weighted by atomic mass is 16.5. The number of benzene rings is 3. The first-order chi connectivity index (χ1) is 10.2. The lowest BCUT2D eigenvalue weighted by molar-refractivity contribution is 0.347. The summed E-state index contributed by atoms with van der Waals surface area (Å²) in [6.07, 6.45) is 0. The molecule has 0 aliphatic rings. The lowest BCUT2D eigenvalue weighted by Crippen LogP contribution is -2.10. The molecular weight excluding hydrogens is 256 g/mol. The van der Waals surface area contributed by atoms with Gasteiger partial charge in [-0.2, -0.15) is 0 Å². The Balaban J connectivity index is 1.72. The van der Waals surface area contributed by atoms with Gasteiger partial charge in [0.2, 0.25) is 0 Å². The van der Waals surface area contributed by atoms with Crippen molar-refractivity contribution >= 4 is 43.1 Å². The monoisotopic (exact) mass is 269 g/mol. The van der Waals surface area contributed by atoms with Crippen LogP contribution in [0.4, 0.5) is 5.69 Å². The van der Waals surface area contributed by atoms with Gasteiger partial charge < -0.3 is 10.1 Å². The molecule has 0 spiro atoms. The minimum Gasteiger partial charge on any atom is -0.473 e. The van der Waals surface area contributed by atoms with Crippen LogP contribution in [0.3, 0.4) is 0 Å². The van der Waals surface area contributed by atoms with E-state index < -0.39 is 0 Å². The fourth-order valence-electron chi connectivity index (χ4n) is 2.22. The van der Waals surface area contributed by atoms with Crippen molar-refractivity contribution in [1.29, 1.82) is 0 Å². The summed E-state index contributed by atoms with van der Waals surface area (Å²) in [6.45, 7) is 0.382. The zero-order valence-corrected chi connectivity index (χ0v) is 11.5. The SMILES string of the molecule is [B]c1ccc(OCNc2cccc3cc([B])ccc23)cc1. The van der Waals surface area contributed by atoms with Crippen molar-refractivity contribution in [2.24, 2.45) is 0 Å². The summed E-state index contributed by atoms with van der Waals surface area (Å²) in [5.74, 6) is 0.779. The van der Waals surface area contributed by atoms with Crippen molar-refractivity contribution in [3.8, 4) is 5.75 Å². The van der Waals surface area contributed by atoms with Crippen LogP contribution in [0.2, 0.25) is 0 Å². The van der Waals surface area contributed by atoms with E-state index in [2.05, 4.69) is 5.32 Å². The summed E-state index contributed by atoms with van der Waals surface area (Å²) >= 11 is 0. The Morgan fingerprint density at radius 3 is 2.43 bits per heavy atom. The third-order valence-corrected chi connectivity index (χ3v) is 3.29. The lowest BCUT2D eigenvalue weighted by atomic mass is 9.93. The van der Waals surface area contributed by atoms with Crippen LogP contribution in [0.1, 0.15) is 0 Å². The molecule has 3 aromatic rings. The largest absolute Gasteiger partial charge is 0.473 e. The highest BCUT2D eigenvalue weighted by Crippen LogP contribution is 2.22. The summed E-state index contributed by atoms with van der Waals surface area (Å²) in [5.41, 5.74) is 2.50. The van der Waals surface area contributed by atoms with Crippen molar-refractivity contribution in [3.05, 3.63) is 60.7 Å². The molecule has 21 heavy (non-hydrogen) atoms. The van der Waals surface area contributed by atoms with E-state index in [1.807, 2.05) is 60.7 Å². The van der Waals surface area contributed by atoms with Crippen LogP contribution >= 0.6 is 0 Å². The molecule has 0 bridgehead atoms. The molecule has 2 nitrogen and oxygen atoms in total. The van der Waals surface area contributed by atoms with Gasteiger partial charge in [0.25, 0.3) is 0 Å². The molecule has 0 aromatic heterocycles. The van der Waals surface area contributed by atoms with E-state index >= 15 is 0 Å². The van der Waals surface area contributed by atoms with E-state index in [0.717, 1.165) is 33.1 Å². The van der Waals surface area contributed by atoms with Crippen molar-refractivity contribution in [2.75, 3.05) is 12.0 Å². The summed E-state index contributed by atoms with van der Waals surface area (Å²) in [4.78, 5) is 0. The quantitative estimate of drug-likeness (QED) is 0.576. The Morgan fingerprint density at radius 2 is 1.62 bits per heavy atom. The Labute approximate surface area is 127 Å². The van der Waals surface area contributed by atoms with Crippen LogP contribution < -0.4 is 21.0 Å². The van der Waals surface area contributed by atoms with Gasteiger partial charge in [-0.05, 0) is 23.6 Å². The highest BCUT2D eigenvalue weighted by molar-refractivity contribution is 6.33. The predicted molar refractivity (Wildman–Crippen MR) is 90.3 cm³/mol. The zero-order chi connectivity index (χ0) is 14.7. The fraction of sp³-hybridized carbons (Fsp3) is 0.0588. The number of fused-ring (bicyclic) bond motifs is 1. The minimum atomic E-state index is 0.382. The summed E-state index contributed by atoms with van der Waals surface area (Å²) in [5, 5.41) is 5.50. The normalized spacial score (nSPS) is 10.5. The molecule has 4 heteroatoms. The molecule has 1 N–H and O–H groups in total. The molecular formula is C17H13B2NO. The molecule has 0 saturated carbocycles. The summed E-state index contributed by atoms with van der Waals surface area (Å²) in [6, 6.07) is 19.2. The minimum absolute atomic E-state index is 0.382. The van der Waals surface area contributed by atoms with Gasteiger partial charge in [0.05, 0.1) is 0 Å². The molecule has 3 rings (SSSR count). The maximum absolute atomic E-state index is 5.81. The number of hydrogen-bond acceptors (Lipinski definition) is 2. The first-order valence-corrected chi connectivity index (χ1v) is 6.73. The average molecular weight is 269 g/mol. The molecule has 0 atom stereocenters. The Bertz CT molecular complexity index is 756.